The second-order valence-corrected chi connectivity index (χ2v) is 14.2. The third-order valence-electron chi connectivity index (χ3n) is 5.89. The van der Waals surface area contributed by atoms with Crippen molar-refractivity contribution in [3.8, 4) is 11.5 Å². The average Bonchev–Trinajstić information content (AvgIpc) is 2.63. The molecule has 7 nitrogen and oxygen atoms in total. The Labute approximate surface area is 177 Å². The fourth-order valence-electron chi connectivity index (χ4n) is 4.79. The Morgan fingerprint density at radius 1 is 1.13 bits per heavy atom. The Hall–Kier alpha value is -2.63. The van der Waals surface area contributed by atoms with Gasteiger partial charge in [0.15, 0.2) is 5.41 Å². The van der Waals surface area contributed by atoms with Crippen molar-refractivity contribution in [2.24, 2.45) is 5.41 Å². The van der Waals surface area contributed by atoms with Crippen molar-refractivity contribution in [3.05, 3.63) is 29.3 Å². The van der Waals surface area contributed by atoms with E-state index in [1.54, 1.807) is 0 Å². The molecule has 2 fully saturated rings. The number of morpholine rings is 1. The highest BCUT2D eigenvalue weighted by atomic mass is 28.3. The van der Waals surface area contributed by atoms with Gasteiger partial charge in [-0.05, 0) is 44.0 Å². The van der Waals surface area contributed by atoms with Gasteiger partial charge < -0.3 is 9.64 Å². The van der Waals surface area contributed by atoms with E-state index >= 15 is 0 Å². The summed E-state index contributed by atoms with van der Waals surface area (Å²) in [6, 6.07) is 4.71. The Morgan fingerprint density at radius 2 is 1.80 bits per heavy atom. The van der Waals surface area contributed by atoms with Crippen molar-refractivity contribution in [1.82, 2.24) is 10.6 Å². The molecule has 1 aromatic rings. The van der Waals surface area contributed by atoms with Gasteiger partial charge in [0.1, 0.15) is 8.07 Å². The molecule has 1 spiro atoms. The number of barbiturate groups is 1. The van der Waals surface area contributed by atoms with Crippen LogP contribution in [0.15, 0.2) is 18.2 Å². The van der Waals surface area contributed by atoms with Gasteiger partial charge in [0.25, 0.3) is 0 Å². The van der Waals surface area contributed by atoms with Crippen LogP contribution < -0.4 is 15.5 Å². The first kappa shape index (κ1) is 20.6. The molecule has 3 aliphatic heterocycles. The van der Waals surface area contributed by atoms with Crippen molar-refractivity contribution in [2.75, 3.05) is 11.4 Å². The van der Waals surface area contributed by atoms with Crippen LogP contribution in [-0.4, -0.2) is 50.7 Å². The summed E-state index contributed by atoms with van der Waals surface area (Å²) in [5, 5.41) is 4.62. The lowest BCUT2D eigenvalue weighted by atomic mass is 9.66. The highest BCUT2D eigenvalue weighted by molar-refractivity contribution is 6.83. The Balaban J connectivity index is 1.86. The van der Waals surface area contributed by atoms with Gasteiger partial charge in [-0.3, -0.25) is 20.2 Å². The first-order chi connectivity index (χ1) is 14.0. The number of carbonyl (C=O) groups excluding carboxylic acids is 3. The number of rotatable bonds is 0. The van der Waals surface area contributed by atoms with Crippen LogP contribution in [-0.2, 0) is 20.7 Å². The monoisotopic (exact) mass is 425 g/mol. The van der Waals surface area contributed by atoms with Gasteiger partial charge in [-0.25, -0.2) is 4.79 Å². The maximum atomic E-state index is 13.1. The predicted octanol–water partition coefficient (Wildman–Crippen LogP) is 1.81. The molecular formula is C22H27N3O4Si. The standard InChI is InChI=1S/C22H27N3O4Si/c1-13-12-25-17-7-6-15(8-9-30(3,4)5)10-16(17)11-22(18(25)14(2)29-13)19(26)23-21(28)24-20(22)27/h6-7,10,13-14,18H,11-12H2,1-5H3,(H2,23,24,26,27,28)/t13-,14+,18-/m1/s1. The first-order valence-corrected chi connectivity index (χ1v) is 13.8. The Kier molecular flexibility index (Phi) is 4.79. The second kappa shape index (κ2) is 6.96. The lowest BCUT2D eigenvalue weighted by Crippen LogP contribution is -2.75. The van der Waals surface area contributed by atoms with Crippen LogP contribution in [0.2, 0.25) is 19.6 Å². The largest absolute Gasteiger partial charge is 0.372 e. The molecule has 1 aromatic carbocycles. The van der Waals surface area contributed by atoms with Crippen LogP contribution in [0.25, 0.3) is 0 Å². The lowest BCUT2D eigenvalue weighted by Gasteiger charge is -2.55. The third-order valence-corrected chi connectivity index (χ3v) is 6.77. The van der Waals surface area contributed by atoms with E-state index in [2.05, 4.69) is 46.6 Å². The average molecular weight is 426 g/mol. The van der Waals surface area contributed by atoms with Crippen LogP contribution in [0.5, 0.6) is 0 Å². The number of nitrogens with zero attached hydrogens (tertiary/aromatic N) is 1. The molecule has 3 atom stereocenters. The highest BCUT2D eigenvalue weighted by Crippen LogP contribution is 2.46. The summed E-state index contributed by atoms with van der Waals surface area (Å²) >= 11 is 0. The van der Waals surface area contributed by atoms with Gasteiger partial charge in [0, 0.05) is 17.8 Å². The molecule has 0 unspecified atom stereocenters. The summed E-state index contributed by atoms with van der Waals surface area (Å²) in [6.45, 7) is 11.0. The molecular weight excluding hydrogens is 398 g/mol. The molecule has 4 rings (SSSR count). The van der Waals surface area contributed by atoms with Crippen LogP contribution in [0.4, 0.5) is 10.5 Å². The number of imide groups is 2. The number of urea groups is 1. The molecule has 0 aromatic heterocycles. The predicted molar refractivity (Wildman–Crippen MR) is 116 cm³/mol. The number of ether oxygens (including phenoxy) is 1. The van der Waals surface area contributed by atoms with Gasteiger partial charge in [0.2, 0.25) is 11.8 Å². The summed E-state index contributed by atoms with van der Waals surface area (Å²) in [5.41, 5.74) is 4.66. The van der Waals surface area contributed by atoms with E-state index < -0.39 is 37.4 Å². The minimum Gasteiger partial charge on any atom is -0.372 e. The van der Waals surface area contributed by atoms with E-state index in [-0.39, 0.29) is 18.6 Å². The normalized spacial score (nSPS) is 27.4. The van der Waals surface area contributed by atoms with Gasteiger partial charge in [0.05, 0.1) is 18.2 Å². The molecule has 2 N–H and O–H groups in total. The number of anilines is 1. The Morgan fingerprint density at radius 3 is 2.43 bits per heavy atom. The maximum Gasteiger partial charge on any atom is 0.328 e. The number of nitrogens with one attached hydrogen (secondary N) is 2. The van der Waals surface area contributed by atoms with Crippen molar-refractivity contribution in [2.45, 2.75) is 58.2 Å². The minimum absolute atomic E-state index is 0.0537. The second-order valence-electron chi connectivity index (χ2n) is 9.48. The van der Waals surface area contributed by atoms with Crippen LogP contribution in [0.3, 0.4) is 0 Å². The Bertz CT molecular complexity index is 984. The number of hydrogen-bond acceptors (Lipinski definition) is 5. The number of fused-ring (bicyclic) bond motifs is 4. The molecule has 0 bridgehead atoms. The zero-order valence-corrected chi connectivity index (χ0v) is 19.0. The smallest absolute Gasteiger partial charge is 0.328 e. The highest BCUT2D eigenvalue weighted by Gasteiger charge is 2.62. The molecule has 0 saturated carbocycles. The summed E-state index contributed by atoms with van der Waals surface area (Å²) < 4.78 is 6.02. The van der Waals surface area contributed by atoms with Gasteiger partial charge in [-0.2, -0.15) is 0 Å². The van der Waals surface area contributed by atoms with Gasteiger partial charge >= 0.3 is 6.03 Å². The van der Waals surface area contributed by atoms with Crippen LogP contribution in [0.1, 0.15) is 25.0 Å². The van der Waals surface area contributed by atoms with Crippen molar-refractivity contribution >= 4 is 31.6 Å². The summed E-state index contributed by atoms with van der Waals surface area (Å²) in [4.78, 5) is 40.1. The topological polar surface area (TPSA) is 87.7 Å². The van der Waals surface area contributed by atoms with E-state index in [9.17, 15) is 14.4 Å². The number of carbonyl (C=O) groups is 3. The van der Waals surface area contributed by atoms with E-state index in [1.165, 1.54) is 0 Å². The summed E-state index contributed by atoms with van der Waals surface area (Å²) in [7, 11) is -1.54. The van der Waals surface area contributed by atoms with E-state index in [0.29, 0.717) is 6.54 Å². The van der Waals surface area contributed by atoms with Crippen molar-refractivity contribution in [3.63, 3.8) is 0 Å². The van der Waals surface area contributed by atoms with Crippen LogP contribution in [0, 0.1) is 16.9 Å². The van der Waals surface area contributed by atoms with E-state index in [0.717, 1.165) is 16.8 Å². The van der Waals surface area contributed by atoms with Crippen LogP contribution >= 0.6 is 0 Å². The number of hydrogen-bond donors (Lipinski definition) is 2. The molecule has 30 heavy (non-hydrogen) atoms. The summed E-state index contributed by atoms with van der Waals surface area (Å²) in [5.74, 6) is 2.12. The van der Waals surface area contributed by atoms with E-state index in [4.69, 9.17) is 4.74 Å². The molecule has 4 amide bonds. The van der Waals surface area contributed by atoms with Crippen molar-refractivity contribution in [1.29, 1.82) is 0 Å². The minimum atomic E-state index is -1.54. The fourth-order valence-corrected chi connectivity index (χ4v) is 5.30. The molecule has 3 heterocycles. The SMILES string of the molecule is C[C@@H]1CN2c3ccc(C#C[Si](C)(C)C)cc3CC3(C(=O)NC(=O)NC3=O)[C@H]2[C@H](C)O1. The fraction of sp³-hybridized carbons (Fsp3) is 0.500. The van der Waals surface area contributed by atoms with Gasteiger partial charge in [-0.15, -0.1) is 5.54 Å². The molecule has 158 valence electrons. The molecule has 8 heteroatoms. The first-order valence-electron chi connectivity index (χ1n) is 10.3. The van der Waals surface area contributed by atoms with Crippen molar-refractivity contribution < 1.29 is 19.1 Å². The maximum absolute atomic E-state index is 13.1. The zero-order valence-electron chi connectivity index (χ0n) is 18.0. The van der Waals surface area contributed by atoms with E-state index in [1.807, 2.05) is 32.0 Å². The quantitative estimate of drug-likeness (QED) is 0.376. The third kappa shape index (κ3) is 3.32. The molecule has 2 saturated heterocycles. The molecule has 0 radical (unpaired) electrons. The molecule has 3 aliphatic rings. The summed E-state index contributed by atoms with van der Waals surface area (Å²) in [6.07, 6.45) is -0.223. The lowest BCUT2D eigenvalue weighted by molar-refractivity contribution is -0.153. The number of benzene rings is 1. The zero-order chi connectivity index (χ0) is 21.8. The van der Waals surface area contributed by atoms with Gasteiger partial charge in [-0.1, -0.05) is 25.6 Å². The molecule has 0 aliphatic carbocycles. The number of amides is 4.